The van der Waals surface area contributed by atoms with Crippen molar-refractivity contribution in [3.05, 3.63) is 45.9 Å². The molecule has 0 bridgehead atoms. The summed E-state index contributed by atoms with van der Waals surface area (Å²) in [6, 6.07) is 1.82. The lowest BCUT2D eigenvalue weighted by molar-refractivity contribution is 0.0695. The fourth-order valence-electron chi connectivity index (χ4n) is 5.12. The zero-order chi connectivity index (χ0) is 24.1. The summed E-state index contributed by atoms with van der Waals surface area (Å²) < 4.78 is 13.5. The molecule has 2 atom stereocenters. The third-order valence-electron chi connectivity index (χ3n) is 6.89. The van der Waals surface area contributed by atoms with Crippen LogP contribution in [0.15, 0.2) is 27.7 Å². The number of ether oxygens (including phenoxy) is 1. The van der Waals surface area contributed by atoms with Gasteiger partial charge in [-0.05, 0) is 39.3 Å². The van der Waals surface area contributed by atoms with Gasteiger partial charge >= 0.3 is 5.97 Å². The SMILES string of the molecule is CNC(c1ncc(C)o1)C1CCN(c2cc(N)c3c(=O)c(C(=O)O)cn(C4CC4)c3c2OC)C1. The van der Waals surface area contributed by atoms with Crippen molar-refractivity contribution in [2.75, 3.05) is 37.9 Å². The number of benzene rings is 1. The molecular weight excluding hydrogens is 438 g/mol. The molecular formula is C24H29N5O5. The molecule has 3 aromatic rings. The van der Waals surface area contributed by atoms with Crippen LogP contribution in [0.1, 0.15) is 53.4 Å². The van der Waals surface area contributed by atoms with Gasteiger partial charge in [0.1, 0.15) is 11.3 Å². The number of fused-ring (bicyclic) bond motifs is 1. The highest BCUT2D eigenvalue weighted by molar-refractivity contribution is 6.03. The molecule has 1 saturated heterocycles. The Morgan fingerprint density at radius 2 is 2.15 bits per heavy atom. The van der Waals surface area contributed by atoms with E-state index < -0.39 is 11.4 Å². The highest BCUT2D eigenvalue weighted by Gasteiger charge is 2.35. The monoisotopic (exact) mass is 467 g/mol. The summed E-state index contributed by atoms with van der Waals surface area (Å²) in [5, 5.41) is 13.1. The third kappa shape index (κ3) is 3.58. The molecule has 2 aromatic heterocycles. The van der Waals surface area contributed by atoms with Gasteiger partial charge in [-0.1, -0.05) is 0 Å². The number of hydrogen-bond donors (Lipinski definition) is 3. The number of anilines is 2. The van der Waals surface area contributed by atoms with E-state index >= 15 is 0 Å². The van der Waals surface area contributed by atoms with Crippen molar-refractivity contribution >= 4 is 28.2 Å². The summed E-state index contributed by atoms with van der Waals surface area (Å²) in [7, 11) is 3.47. The van der Waals surface area contributed by atoms with E-state index in [-0.39, 0.29) is 34.6 Å². The fraction of sp³-hybridized carbons (Fsp3) is 0.458. The molecule has 2 fully saturated rings. The third-order valence-corrected chi connectivity index (χ3v) is 6.89. The molecule has 0 amide bonds. The van der Waals surface area contributed by atoms with Gasteiger partial charge in [0, 0.05) is 36.9 Å². The van der Waals surface area contributed by atoms with Crippen molar-refractivity contribution in [1.82, 2.24) is 14.9 Å². The molecule has 1 aliphatic heterocycles. The number of nitrogens with one attached hydrogen (secondary N) is 1. The largest absolute Gasteiger partial charge is 0.492 e. The Bertz CT molecular complexity index is 1330. The number of methoxy groups -OCH3 is 1. The van der Waals surface area contributed by atoms with E-state index in [0.717, 1.165) is 43.8 Å². The summed E-state index contributed by atoms with van der Waals surface area (Å²) >= 11 is 0. The first kappa shape index (κ1) is 22.3. The Morgan fingerprint density at radius 1 is 1.38 bits per heavy atom. The zero-order valence-electron chi connectivity index (χ0n) is 19.5. The van der Waals surface area contributed by atoms with Gasteiger partial charge < -0.3 is 34.8 Å². The van der Waals surface area contributed by atoms with Crippen LogP contribution >= 0.6 is 0 Å². The maximum atomic E-state index is 13.1. The number of aromatic nitrogens is 2. The van der Waals surface area contributed by atoms with Crippen LogP contribution < -0.4 is 26.1 Å². The van der Waals surface area contributed by atoms with Gasteiger partial charge in [-0.3, -0.25) is 4.79 Å². The molecule has 0 spiro atoms. The van der Waals surface area contributed by atoms with Crippen molar-refractivity contribution in [2.45, 2.75) is 38.3 Å². The molecule has 1 saturated carbocycles. The summed E-state index contributed by atoms with van der Waals surface area (Å²) in [5.74, 6) is 0.961. The van der Waals surface area contributed by atoms with E-state index in [2.05, 4.69) is 15.2 Å². The highest BCUT2D eigenvalue weighted by atomic mass is 16.5. The van der Waals surface area contributed by atoms with Crippen molar-refractivity contribution in [3.8, 4) is 5.75 Å². The molecule has 10 heteroatoms. The van der Waals surface area contributed by atoms with E-state index in [1.165, 1.54) is 6.20 Å². The number of nitrogens with zero attached hydrogens (tertiary/aromatic N) is 3. The van der Waals surface area contributed by atoms with Crippen LogP contribution in [0.5, 0.6) is 5.75 Å². The van der Waals surface area contributed by atoms with Crippen molar-refractivity contribution in [1.29, 1.82) is 0 Å². The van der Waals surface area contributed by atoms with Crippen LogP contribution in [-0.2, 0) is 0 Å². The van der Waals surface area contributed by atoms with Gasteiger partial charge in [-0.15, -0.1) is 0 Å². The van der Waals surface area contributed by atoms with Gasteiger partial charge in [-0.25, -0.2) is 9.78 Å². The van der Waals surface area contributed by atoms with Crippen LogP contribution in [-0.4, -0.2) is 47.9 Å². The topological polar surface area (TPSA) is 136 Å². The molecule has 2 unspecified atom stereocenters. The van der Waals surface area contributed by atoms with Crippen molar-refractivity contribution in [2.24, 2.45) is 5.92 Å². The van der Waals surface area contributed by atoms with E-state index in [1.54, 1.807) is 19.4 Å². The number of aromatic carboxylic acids is 1. The number of carboxylic acids is 1. The molecule has 2 aliphatic rings. The van der Waals surface area contributed by atoms with E-state index in [9.17, 15) is 14.7 Å². The maximum absolute atomic E-state index is 13.1. The summed E-state index contributed by atoms with van der Waals surface area (Å²) in [5.41, 5.74) is 7.14. The van der Waals surface area contributed by atoms with Gasteiger partial charge in [0.05, 0.1) is 35.9 Å². The molecule has 34 heavy (non-hydrogen) atoms. The van der Waals surface area contributed by atoms with Crippen molar-refractivity contribution in [3.63, 3.8) is 0 Å². The first-order valence-electron chi connectivity index (χ1n) is 11.5. The number of oxazole rings is 1. The first-order valence-corrected chi connectivity index (χ1v) is 11.5. The highest BCUT2D eigenvalue weighted by Crippen LogP contribution is 2.45. The lowest BCUT2D eigenvalue weighted by atomic mass is 9.99. The Kier molecular flexibility index (Phi) is 5.47. The smallest absolute Gasteiger partial charge is 0.341 e. The summed E-state index contributed by atoms with van der Waals surface area (Å²) in [4.78, 5) is 31.4. The van der Waals surface area contributed by atoms with Crippen LogP contribution in [0, 0.1) is 12.8 Å². The lowest BCUT2D eigenvalue weighted by Crippen LogP contribution is -2.29. The Hall–Kier alpha value is -3.53. The molecule has 5 rings (SSSR count). The second kappa shape index (κ2) is 8.35. The number of hydrogen-bond acceptors (Lipinski definition) is 8. The predicted molar refractivity (Wildman–Crippen MR) is 128 cm³/mol. The number of nitrogens with two attached hydrogens (primary N) is 1. The Balaban J connectivity index is 1.60. The number of carboxylic acid groups (broad SMARTS) is 1. The van der Waals surface area contributed by atoms with Gasteiger partial charge in [0.25, 0.3) is 0 Å². The van der Waals surface area contributed by atoms with Gasteiger partial charge in [0.15, 0.2) is 5.75 Å². The second-order valence-corrected chi connectivity index (χ2v) is 9.13. The standard InChI is InChI=1S/C24H29N5O5/c1-12-9-27-23(34-12)19(26-2)13-6-7-28(10-13)17-8-16(25)18-20(22(17)33-3)29(14-4-5-14)11-15(21(18)30)24(31)32/h8-9,11,13-14,19,26H,4-7,10,25H2,1-3H3,(H,31,32). The van der Waals surface area contributed by atoms with E-state index in [4.69, 9.17) is 14.9 Å². The quantitative estimate of drug-likeness (QED) is 0.448. The molecule has 0 radical (unpaired) electrons. The van der Waals surface area contributed by atoms with Gasteiger partial charge in [0.2, 0.25) is 11.3 Å². The fourth-order valence-corrected chi connectivity index (χ4v) is 5.12. The zero-order valence-corrected chi connectivity index (χ0v) is 19.5. The minimum absolute atomic E-state index is 0.0368. The van der Waals surface area contributed by atoms with Crippen LogP contribution in [0.4, 0.5) is 11.4 Å². The number of pyridine rings is 1. The number of carbonyl (C=O) groups is 1. The number of aryl methyl sites for hydroxylation is 1. The molecule has 10 nitrogen and oxygen atoms in total. The van der Waals surface area contributed by atoms with E-state index in [0.29, 0.717) is 17.2 Å². The molecule has 1 aliphatic carbocycles. The molecule has 1 aromatic carbocycles. The second-order valence-electron chi connectivity index (χ2n) is 9.13. The minimum atomic E-state index is -1.26. The molecule has 180 valence electrons. The van der Waals surface area contributed by atoms with Crippen molar-refractivity contribution < 1.29 is 19.1 Å². The summed E-state index contributed by atoms with van der Waals surface area (Å²) in [6.07, 6.45) is 5.89. The van der Waals surface area contributed by atoms with Crippen LogP contribution in [0.25, 0.3) is 10.9 Å². The minimum Gasteiger partial charge on any atom is -0.492 e. The average Bonchev–Trinajstić information content (AvgIpc) is 3.38. The van der Waals surface area contributed by atoms with Crippen LogP contribution in [0.2, 0.25) is 0 Å². The average molecular weight is 468 g/mol. The predicted octanol–water partition coefficient (Wildman–Crippen LogP) is 2.71. The Morgan fingerprint density at radius 3 is 2.74 bits per heavy atom. The lowest BCUT2D eigenvalue weighted by Gasteiger charge is -2.26. The van der Waals surface area contributed by atoms with Crippen LogP contribution in [0.3, 0.4) is 0 Å². The van der Waals surface area contributed by atoms with E-state index in [1.807, 2.05) is 18.5 Å². The molecule has 3 heterocycles. The maximum Gasteiger partial charge on any atom is 0.341 e. The normalized spacial score (nSPS) is 19.0. The number of rotatable bonds is 7. The first-order chi connectivity index (χ1) is 16.3. The Labute approximate surface area is 196 Å². The molecule has 4 N–H and O–H groups in total. The summed E-state index contributed by atoms with van der Waals surface area (Å²) in [6.45, 7) is 3.36. The number of nitrogen functional groups attached to an aromatic ring is 1. The van der Waals surface area contributed by atoms with Gasteiger partial charge in [-0.2, -0.15) is 0 Å².